The van der Waals surface area contributed by atoms with Gasteiger partial charge in [-0.05, 0) is 42.7 Å². The van der Waals surface area contributed by atoms with Crippen LogP contribution in [0.4, 0.5) is 13.2 Å². The second-order valence-electron chi connectivity index (χ2n) is 4.87. The molecule has 2 nitrogen and oxygen atoms in total. The van der Waals surface area contributed by atoms with Gasteiger partial charge in [0, 0.05) is 11.2 Å². The Morgan fingerprint density at radius 3 is 2.48 bits per heavy atom. The van der Waals surface area contributed by atoms with Gasteiger partial charge in [0.2, 0.25) is 0 Å². The smallest absolute Gasteiger partial charge is 0.322 e. The number of aromatic nitrogens is 1. The number of hydrogen-bond donors (Lipinski definition) is 1. The number of pyridine rings is 1. The summed E-state index contributed by atoms with van der Waals surface area (Å²) in [6.45, 7) is 1.92. The molecule has 1 unspecified atom stereocenters. The van der Waals surface area contributed by atoms with Gasteiger partial charge in [0.15, 0.2) is 0 Å². The van der Waals surface area contributed by atoms with Gasteiger partial charge in [0.1, 0.15) is 0 Å². The molecule has 1 atom stereocenters. The summed E-state index contributed by atoms with van der Waals surface area (Å²) in [5.41, 5.74) is 7.48. The lowest BCUT2D eigenvalue weighted by Crippen LogP contribution is -2.16. The SMILES string of the molecule is Cc1ccc(CC(N)c2ccc(C(F)(F)F)cn2)c(Cl)c1. The quantitative estimate of drug-likeness (QED) is 0.917. The second-order valence-corrected chi connectivity index (χ2v) is 5.28. The van der Waals surface area contributed by atoms with Crippen LogP contribution in [0.15, 0.2) is 36.5 Å². The summed E-state index contributed by atoms with van der Waals surface area (Å²) in [6, 6.07) is 7.38. The van der Waals surface area contributed by atoms with Crippen molar-refractivity contribution >= 4 is 11.6 Å². The van der Waals surface area contributed by atoms with E-state index in [-0.39, 0.29) is 0 Å². The highest BCUT2D eigenvalue weighted by Gasteiger charge is 2.30. The maximum atomic E-state index is 12.5. The number of hydrogen-bond acceptors (Lipinski definition) is 2. The van der Waals surface area contributed by atoms with Crippen LogP contribution in [0.5, 0.6) is 0 Å². The predicted octanol–water partition coefficient (Wildman–Crippen LogP) is 4.30. The fraction of sp³-hybridized carbons (Fsp3) is 0.267. The van der Waals surface area contributed by atoms with Crippen LogP contribution in [0.1, 0.15) is 28.4 Å². The number of rotatable bonds is 3. The molecule has 0 fully saturated rings. The van der Waals surface area contributed by atoms with Crippen molar-refractivity contribution in [1.82, 2.24) is 4.98 Å². The molecule has 0 bridgehead atoms. The Balaban J connectivity index is 2.15. The molecule has 1 aromatic carbocycles. The molecule has 2 N–H and O–H groups in total. The van der Waals surface area contributed by atoms with Crippen LogP contribution < -0.4 is 5.73 Å². The van der Waals surface area contributed by atoms with E-state index in [9.17, 15) is 13.2 Å². The van der Waals surface area contributed by atoms with Crippen LogP contribution in [-0.2, 0) is 12.6 Å². The van der Waals surface area contributed by atoms with Crippen molar-refractivity contribution in [3.05, 3.63) is 63.9 Å². The Labute approximate surface area is 125 Å². The maximum Gasteiger partial charge on any atom is 0.417 e. The number of halogens is 4. The average Bonchev–Trinajstić information content (AvgIpc) is 2.41. The highest BCUT2D eigenvalue weighted by Crippen LogP contribution is 2.29. The van der Waals surface area contributed by atoms with E-state index in [4.69, 9.17) is 17.3 Å². The Bertz CT molecular complexity index is 624. The van der Waals surface area contributed by atoms with Gasteiger partial charge in [0.05, 0.1) is 17.3 Å². The number of alkyl halides is 3. The van der Waals surface area contributed by atoms with E-state index in [1.165, 1.54) is 6.07 Å². The lowest BCUT2D eigenvalue weighted by molar-refractivity contribution is -0.137. The summed E-state index contributed by atoms with van der Waals surface area (Å²) in [7, 11) is 0. The topological polar surface area (TPSA) is 38.9 Å². The van der Waals surface area contributed by atoms with Crippen molar-refractivity contribution in [2.45, 2.75) is 25.6 Å². The first-order chi connectivity index (χ1) is 9.77. The number of benzene rings is 1. The summed E-state index contributed by atoms with van der Waals surface area (Å²) < 4.78 is 37.4. The Morgan fingerprint density at radius 2 is 1.95 bits per heavy atom. The zero-order valence-corrected chi connectivity index (χ0v) is 12.0. The summed E-state index contributed by atoms with van der Waals surface area (Å²) >= 11 is 6.12. The van der Waals surface area contributed by atoms with Gasteiger partial charge in [-0.25, -0.2) is 0 Å². The van der Waals surface area contributed by atoms with Crippen LogP contribution in [0.3, 0.4) is 0 Å². The van der Waals surface area contributed by atoms with Gasteiger partial charge in [-0.2, -0.15) is 13.2 Å². The highest BCUT2D eigenvalue weighted by atomic mass is 35.5. The van der Waals surface area contributed by atoms with Crippen molar-refractivity contribution in [3.8, 4) is 0 Å². The van der Waals surface area contributed by atoms with Crippen molar-refractivity contribution < 1.29 is 13.2 Å². The molecule has 0 aliphatic carbocycles. The molecule has 2 rings (SSSR count). The zero-order valence-electron chi connectivity index (χ0n) is 11.3. The maximum absolute atomic E-state index is 12.5. The standard InChI is InChI=1S/C15H14ClF3N2/c1-9-2-3-10(12(16)6-9)7-13(20)14-5-4-11(8-21-14)15(17,18)19/h2-6,8,13H,7,20H2,1H3. The molecule has 0 aliphatic heterocycles. The van der Waals surface area contributed by atoms with E-state index in [2.05, 4.69) is 4.98 Å². The van der Waals surface area contributed by atoms with E-state index >= 15 is 0 Å². The Kier molecular flexibility index (Phi) is 4.54. The third-order valence-corrected chi connectivity index (χ3v) is 3.49. The van der Waals surface area contributed by atoms with E-state index in [0.717, 1.165) is 23.4 Å². The average molecular weight is 315 g/mol. The number of aryl methyl sites for hydroxylation is 1. The normalized spacial score (nSPS) is 13.2. The van der Waals surface area contributed by atoms with E-state index in [1.54, 1.807) is 0 Å². The first kappa shape index (κ1) is 15.8. The Hall–Kier alpha value is -1.59. The molecule has 1 aromatic heterocycles. The summed E-state index contributed by atoms with van der Waals surface area (Å²) in [6.07, 6.45) is -3.18. The molecule has 0 saturated heterocycles. The highest BCUT2D eigenvalue weighted by molar-refractivity contribution is 6.31. The minimum Gasteiger partial charge on any atom is -0.322 e. The van der Waals surface area contributed by atoms with E-state index in [1.807, 2.05) is 25.1 Å². The molecular formula is C15H14ClF3N2. The number of nitrogens with two attached hydrogens (primary N) is 1. The van der Waals surface area contributed by atoms with Gasteiger partial charge < -0.3 is 5.73 Å². The predicted molar refractivity (Wildman–Crippen MR) is 76.1 cm³/mol. The molecule has 0 radical (unpaired) electrons. The van der Waals surface area contributed by atoms with E-state index < -0.39 is 17.8 Å². The number of nitrogens with zero attached hydrogens (tertiary/aromatic N) is 1. The largest absolute Gasteiger partial charge is 0.417 e. The van der Waals surface area contributed by atoms with Gasteiger partial charge in [-0.15, -0.1) is 0 Å². The van der Waals surface area contributed by atoms with Crippen LogP contribution >= 0.6 is 11.6 Å². The zero-order chi connectivity index (χ0) is 15.6. The van der Waals surface area contributed by atoms with Gasteiger partial charge in [0.25, 0.3) is 0 Å². The molecule has 21 heavy (non-hydrogen) atoms. The van der Waals surface area contributed by atoms with E-state index in [0.29, 0.717) is 17.1 Å². The van der Waals surface area contributed by atoms with Crippen molar-refractivity contribution in [2.75, 3.05) is 0 Å². The first-order valence-corrected chi connectivity index (χ1v) is 6.69. The third-order valence-electron chi connectivity index (χ3n) is 3.14. The summed E-state index contributed by atoms with van der Waals surface area (Å²) in [5.74, 6) is 0. The van der Waals surface area contributed by atoms with Gasteiger partial charge in [-0.1, -0.05) is 23.7 Å². The fourth-order valence-electron chi connectivity index (χ4n) is 1.95. The third kappa shape index (κ3) is 3.95. The van der Waals surface area contributed by atoms with Gasteiger partial charge >= 0.3 is 6.18 Å². The summed E-state index contributed by atoms with van der Waals surface area (Å²) in [5, 5.41) is 0.595. The van der Waals surface area contributed by atoms with Crippen LogP contribution in [0.2, 0.25) is 5.02 Å². The monoisotopic (exact) mass is 314 g/mol. The van der Waals surface area contributed by atoms with Crippen LogP contribution in [0, 0.1) is 6.92 Å². The molecule has 2 aromatic rings. The fourth-order valence-corrected chi connectivity index (χ4v) is 2.26. The lowest BCUT2D eigenvalue weighted by atomic mass is 10.0. The molecule has 0 saturated carbocycles. The molecule has 0 amide bonds. The summed E-state index contributed by atoms with van der Waals surface area (Å²) in [4.78, 5) is 3.80. The second kappa shape index (κ2) is 6.03. The molecule has 6 heteroatoms. The van der Waals surface area contributed by atoms with Crippen LogP contribution in [0.25, 0.3) is 0 Å². The molecular weight excluding hydrogens is 301 g/mol. The Morgan fingerprint density at radius 1 is 1.24 bits per heavy atom. The minimum absolute atomic E-state index is 0.402. The molecule has 0 aliphatic rings. The molecule has 1 heterocycles. The van der Waals surface area contributed by atoms with Crippen molar-refractivity contribution in [2.24, 2.45) is 5.73 Å². The van der Waals surface area contributed by atoms with Crippen LogP contribution in [-0.4, -0.2) is 4.98 Å². The minimum atomic E-state index is -4.39. The lowest BCUT2D eigenvalue weighted by Gasteiger charge is -2.14. The van der Waals surface area contributed by atoms with Crippen molar-refractivity contribution in [1.29, 1.82) is 0 Å². The first-order valence-electron chi connectivity index (χ1n) is 6.31. The van der Waals surface area contributed by atoms with Gasteiger partial charge in [-0.3, -0.25) is 4.98 Å². The van der Waals surface area contributed by atoms with Crippen molar-refractivity contribution in [3.63, 3.8) is 0 Å². The molecule has 0 spiro atoms. The molecule has 112 valence electrons.